The van der Waals surface area contributed by atoms with E-state index in [-0.39, 0.29) is 35.8 Å². The van der Waals surface area contributed by atoms with E-state index in [1.807, 2.05) is 12.1 Å². The molecule has 36 heavy (non-hydrogen) atoms. The number of phenols is 1. The second kappa shape index (κ2) is 7.77. The first-order valence-electron chi connectivity index (χ1n) is 12.1. The molecule has 2 aliphatic heterocycles. The van der Waals surface area contributed by atoms with Crippen molar-refractivity contribution in [2.24, 2.45) is 29.1 Å². The fraction of sp³-hybridized carbons (Fsp3) is 0.357. The van der Waals surface area contributed by atoms with Gasteiger partial charge in [-0.1, -0.05) is 41.4 Å². The van der Waals surface area contributed by atoms with Gasteiger partial charge in [-0.3, -0.25) is 24.1 Å². The lowest BCUT2D eigenvalue weighted by molar-refractivity contribution is -0.138. The maximum Gasteiger partial charge on any atom is 0.241 e. The standard InChI is InChI=1S/C28H25ClN2O5/c1-28-20(25(34)31(27(28)36)15-6-4-3-5-7-15)13-18-16(23(28)19-12-14(29)8-11-21(19)32)9-10-17-22(18)26(35)30(2)24(17)33/h3-9,11-12,17-18,20,22-23,32H,10,13H2,1-2H3/t17-,18+,20-,22-,23+,28+/m0/s1. The molecule has 2 aliphatic carbocycles. The van der Waals surface area contributed by atoms with Crippen molar-refractivity contribution in [1.29, 1.82) is 0 Å². The number of halogens is 1. The fourth-order valence-electron chi connectivity index (χ4n) is 7.10. The van der Waals surface area contributed by atoms with Gasteiger partial charge in [-0.25, -0.2) is 4.90 Å². The average Bonchev–Trinajstić information content (AvgIpc) is 3.21. The number of likely N-dealkylation sites (tertiary alicyclic amines) is 1. The number of allylic oxidation sites excluding steroid dienone is 2. The zero-order valence-corrected chi connectivity index (χ0v) is 20.6. The van der Waals surface area contributed by atoms with Crippen LogP contribution in [0.3, 0.4) is 0 Å². The zero-order chi connectivity index (χ0) is 25.5. The molecule has 0 aromatic heterocycles. The molecule has 0 unspecified atom stereocenters. The van der Waals surface area contributed by atoms with E-state index in [9.17, 15) is 24.3 Å². The smallest absolute Gasteiger partial charge is 0.241 e. The molecule has 2 heterocycles. The van der Waals surface area contributed by atoms with Crippen molar-refractivity contribution in [2.45, 2.75) is 25.7 Å². The first-order valence-corrected chi connectivity index (χ1v) is 12.5. The number of phenolic OH excluding ortho intramolecular Hbond substituents is 1. The summed E-state index contributed by atoms with van der Waals surface area (Å²) < 4.78 is 0. The maximum absolute atomic E-state index is 14.2. The van der Waals surface area contributed by atoms with Crippen LogP contribution in [0.1, 0.15) is 31.2 Å². The molecule has 3 fully saturated rings. The monoisotopic (exact) mass is 504 g/mol. The summed E-state index contributed by atoms with van der Waals surface area (Å²) in [5.41, 5.74) is 0.548. The molecule has 2 aromatic rings. The van der Waals surface area contributed by atoms with Crippen LogP contribution in [0.2, 0.25) is 5.02 Å². The summed E-state index contributed by atoms with van der Waals surface area (Å²) in [5, 5.41) is 11.3. The van der Waals surface area contributed by atoms with Crippen LogP contribution in [0.25, 0.3) is 0 Å². The number of benzene rings is 2. The van der Waals surface area contributed by atoms with E-state index in [0.717, 1.165) is 5.57 Å². The van der Waals surface area contributed by atoms with Gasteiger partial charge in [0, 0.05) is 23.6 Å². The highest BCUT2D eigenvalue weighted by Crippen LogP contribution is 2.64. The lowest BCUT2D eigenvalue weighted by Crippen LogP contribution is -2.48. The third-order valence-corrected chi connectivity index (χ3v) is 9.05. The van der Waals surface area contributed by atoms with Gasteiger partial charge in [-0.15, -0.1) is 0 Å². The molecule has 4 aliphatic rings. The number of carbonyl (C=O) groups excluding carboxylic acids is 4. The Morgan fingerprint density at radius 1 is 0.972 bits per heavy atom. The van der Waals surface area contributed by atoms with E-state index >= 15 is 0 Å². The number of hydrogen-bond donors (Lipinski definition) is 1. The number of amides is 4. The van der Waals surface area contributed by atoms with E-state index in [1.54, 1.807) is 43.3 Å². The average molecular weight is 505 g/mol. The number of fused-ring (bicyclic) bond motifs is 4. The lowest BCUT2D eigenvalue weighted by atomic mass is 9.51. The van der Waals surface area contributed by atoms with Gasteiger partial charge in [0.05, 0.1) is 28.9 Å². The van der Waals surface area contributed by atoms with Crippen LogP contribution in [0, 0.1) is 29.1 Å². The van der Waals surface area contributed by atoms with E-state index in [0.29, 0.717) is 22.7 Å². The zero-order valence-electron chi connectivity index (χ0n) is 19.8. The van der Waals surface area contributed by atoms with Crippen molar-refractivity contribution in [3.63, 3.8) is 0 Å². The van der Waals surface area contributed by atoms with Gasteiger partial charge < -0.3 is 5.11 Å². The second-order valence-corrected chi connectivity index (χ2v) is 10.9. The van der Waals surface area contributed by atoms with Crippen molar-refractivity contribution in [3.8, 4) is 5.75 Å². The molecule has 0 spiro atoms. The van der Waals surface area contributed by atoms with Crippen LogP contribution in [0.15, 0.2) is 60.2 Å². The minimum absolute atomic E-state index is 0.0302. The lowest BCUT2D eigenvalue weighted by Gasteiger charge is -2.49. The summed E-state index contributed by atoms with van der Waals surface area (Å²) in [7, 11) is 1.50. The molecule has 2 saturated heterocycles. The molecule has 4 amide bonds. The van der Waals surface area contributed by atoms with Crippen molar-refractivity contribution < 1.29 is 24.3 Å². The maximum atomic E-state index is 14.2. The fourth-order valence-corrected chi connectivity index (χ4v) is 7.28. The minimum Gasteiger partial charge on any atom is -0.508 e. The molecule has 7 nitrogen and oxygen atoms in total. The highest BCUT2D eigenvalue weighted by molar-refractivity contribution is 6.30. The molecule has 0 bridgehead atoms. The number of hydrogen-bond acceptors (Lipinski definition) is 5. The van der Waals surface area contributed by atoms with Crippen LogP contribution < -0.4 is 4.90 Å². The summed E-state index contributed by atoms with van der Waals surface area (Å²) in [6, 6.07) is 13.5. The van der Waals surface area contributed by atoms with Crippen molar-refractivity contribution in [3.05, 3.63) is 70.8 Å². The van der Waals surface area contributed by atoms with Gasteiger partial charge in [0.15, 0.2) is 0 Å². The molecule has 0 radical (unpaired) electrons. The quantitative estimate of drug-likeness (QED) is 0.494. The third-order valence-electron chi connectivity index (χ3n) is 8.81. The first-order chi connectivity index (χ1) is 17.2. The SMILES string of the molecule is CN1C(=O)[C@H]2[C@H](CC=C3[C@H]2C[C@H]2C(=O)N(c4ccccc4)C(=O)[C@@]2(C)[C@H]3c2cc(Cl)ccc2O)C1=O. The van der Waals surface area contributed by atoms with Crippen molar-refractivity contribution in [2.75, 3.05) is 11.9 Å². The van der Waals surface area contributed by atoms with Gasteiger partial charge in [-0.2, -0.15) is 0 Å². The molecule has 1 N–H and O–H groups in total. The summed E-state index contributed by atoms with van der Waals surface area (Å²) in [6.07, 6.45) is 2.60. The van der Waals surface area contributed by atoms with Crippen molar-refractivity contribution >= 4 is 40.9 Å². The Bertz CT molecular complexity index is 1370. The van der Waals surface area contributed by atoms with E-state index in [1.165, 1.54) is 22.9 Å². The number of carbonyl (C=O) groups is 4. The predicted molar refractivity (Wildman–Crippen MR) is 132 cm³/mol. The number of aromatic hydroxyl groups is 1. The van der Waals surface area contributed by atoms with Gasteiger partial charge in [0.25, 0.3) is 0 Å². The molecule has 1 saturated carbocycles. The molecule has 6 rings (SSSR count). The van der Waals surface area contributed by atoms with Crippen molar-refractivity contribution in [1.82, 2.24) is 4.90 Å². The Hall–Kier alpha value is -3.45. The topological polar surface area (TPSA) is 95.0 Å². The van der Waals surface area contributed by atoms with Gasteiger partial charge >= 0.3 is 0 Å². The van der Waals surface area contributed by atoms with E-state index in [2.05, 4.69) is 0 Å². The van der Waals surface area contributed by atoms with E-state index in [4.69, 9.17) is 11.6 Å². The Morgan fingerprint density at radius 2 is 1.69 bits per heavy atom. The molecule has 184 valence electrons. The molecular weight excluding hydrogens is 480 g/mol. The number of imide groups is 2. The largest absolute Gasteiger partial charge is 0.508 e. The molecular formula is C28H25ClN2O5. The number of rotatable bonds is 2. The third kappa shape index (κ3) is 2.86. The van der Waals surface area contributed by atoms with Gasteiger partial charge in [0.2, 0.25) is 23.6 Å². The van der Waals surface area contributed by atoms with E-state index < -0.39 is 35.0 Å². The summed E-state index contributed by atoms with van der Waals surface area (Å²) in [4.78, 5) is 56.5. The Balaban J connectivity index is 1.57. The highest BCUT2D eigenvalue weighted by Gasteiger charge is 2.67. The Kier molecular flexibility index (Phi) is 4.96. The van der Waals surface area contributed by atoms with Crippen LogP contribution in [0.4, 0.5) is 5.69 Å². The molecule has 2 aromatic carbocycles. The second-order valence-electron chi connectivity index (χ2n) is 10.4. The van der Waals surface area contributed by atoms with Gasteiger partial charge in [0.1, 0.15) is 5.75 Å². The molecule has 6 atom stereocenters. The molecule has 8 heteroatoms. The Morgan fingerprint density at radius 3 is 2.42 bits per heavy atom. The summed E-state index contributed by atoms with van der Waals surface area (Å²) >= 11 is 6.34. The summed E-state index contributed by atoms with van der Waals surface area (Å²) in [6.45, 7) is 1.78. The summed E-state index contributed by atoms with van der Waals surface area (Å²) in [5.74, 6) is -4.06. The number of nitrogens with zero attached hydrogens (tertiary/aromatic N) is 2. The highest BCUT2D eigenvalue weighted by atomic mass is 35.5. The normalized spacial score (nSPS) is 33.4. The Labute approximate surface area is 213 Å². The predicted octanol–water partition coefficient (Wildman–Crippen LogP) is 3.91. The first kappa shape index (κ1) is 23.0. The van der Waals surface area contributed by atoms with Crippen LogP contribution in [0.5, 0.6) is 5.75 Å². The van der Waals surface area contributed by atoms with Crippen LogP contribution >= 0.6 is 11.6 Å². The van der Waals surface area contributed by atoms with Crippen LogP contribution in [-0.4, -0.2) is 40.7 Å². The van der Waals surface area contributed by atoms with Gasteiger partial charge in [-0.05, 0) is 56.0 Å². The van der Waals surface area contributed by atoms with Crippen LogP contribution in [-0.2, 0) is 19.2 Å². The number of anilines is 1. The minimum atomic E-state index is -1.21. The number of para-hydroxylation sites is 1.